The fourth-order valence-corrected chi connectivity index (χ4v) is 3.27. The van der Waals surface area contributed by atoms with Crippen molar-refractivity contribution >= 4 is 10.9 Å². The van der Waals surface area contributed by atoms with Crippen LogP contribution in [0.3, 0.4) is 0 Å². The molecule has 1 unspecified atom stereocenters. The van der Waals surface area contributed by atoms with Gasteiger partial charge in [0.2, 0.25) is 0 Å². The van der Waals surface area contributed by atoms with Crippen LogP contribution in [0.4, 0.5) is 0 Å². The van der Waals surface area contributed by atoms with E-state index in [1.165, 1.54) is 41.5 Å². The number of nitrogens with one attached hydrogen (secondary N) is 2. The van der Waals surface area contributed by atoms with Crippen LogP contribution in [0.2, 0.25) is 0 Å². The molecule has 1 saturated heterocycles. The van der Waals surface area contributed by atoms with Gasteiger partial charge in [-0.25, -0.2) is 0 Å². The zero-order chi connectivity index (χ0) is 13.4. The van der Waals surface area contributed by atoms with Crippen molar-refractivity contribution in [1.29, 1.82) is 0 Å². The molecule has 1 aromatic carbocycles. The summed E-state index contributed by atoms with van der Waals surface area (Å²) in [6.45, 7) is 5.51. The highest BCUT2D eigenvalue weighted by molar-refractivity contribution is 5.92. The summed E-state index contributed by atoms with van der Waals surface area (Å²) >= 11 is 0. The van der Waals surface area contributed by atoms with Crippen molar-refractivity contribution < 1.29 is 4.74 Å². The van der Waals surface area contributed by atoms with E-state index in [2.05, 4.69) is 30.2 Å². The number of rotatable bonds is 2. The molecule has 0 aliphatic carbocycles. The zero-order valence-electron chi connectivity index (χ0n) is 12.0. The Labute approximate surface area is 114 Å². The van der Waals surface area contributed by atoms with Gasteiger partial charge < -0.3 is 15.0 Å². The summed E-state index contributed by atoms with van der Waals surface area (Å²) in [5.74, 6) is 0.936. The molecule has 1 atom stereocenters. The van der Waals surface area contributed by atoms with E-state index >= 15 is 0 Å². The molecule has 0 amide bonds. The molecule has 3 heteroatoms. The summed E-state index contributed by atoms with van der Waals surface area (Å²) in [6, 6.07) is 4.65. The first-order chi connectivity index (χ1) is 9.22. The highest BCUT2D eigenvalue weighted by Gasteiger charge is 2.21. The largest absolute Gasteiger partial charge is 0.495 e. The average Bonchev–Trinajstić information content (AvgIpc) is 2.79. The Morgan fingerprint density at radius 1 is 1.21 bits per heavy atom. The Balaban J connectivity index is 2.16. The van der Waals surface area contributed by atoms with E-state index in [1.807, 2.05) is 6.07 Å². The number of benzene rings is 1. The van der Waals surface area contributed by atoms with Crippen molar-refractivity contribution in [3.05, 3.63) is 29.0 Å². The number of fused-ring (bicyclic) bond motifs is 1. The topological polar surface area (TPSA) is 37.0 Å². The minimum atomic E-state index is 0.463. The molecule has 2 heterocycles. The van der Waals surface area contributed by atoms with E-state index < -0.39 is 0 Å². The normalized spacial score (nSPS) is 19.8. The first-order valence-electron chi connectivity index (χ1n) is 7.11. The highest BCUT2D eigenvalue weighted by atomic mass is 16.5. The summed E-state index contributed by atoms with van der Waals surface area (Å²) in [5, 5.41) is 4.94. The van der Waals surface area contributed by atoms with Crippen molar-refractivity contribution in [2.75, 3.05) is 13.7 Å². The lowest BCUT2D eigenvalue weighted by atomic mass is 9.98. The number of hydrogen-bond acceptors (Lipinski definition) is 2. The maximum absolute atomic E-state index is 5.49. The molecule has 2 aromatic rings. The van der Waals surface area contributed by atoms with Gasteiger partial charge in [-0.15, -0.1) is 0 Å². The van der Waals surface area contributed by atoms with Crippen LogP contribution in [0.5, 0.6) is 5.75 Å². The molecule has 102 valence electrons. The van der Waals surface area contributed by atoms with Crippen LogP contribution in [-0.2, 0) is 0 Å². The predicted octanol–water partition coefficient (Wildman–Crippen LogP) is 3.61. The van der Waals surface area contributed by atoms with Gasteiger partial charge in [-0.3, -0.25) is 0 Å². The fourth-order valence-electron chi connectivity index (χ4n) is 3.27. The molecule has 19 heavy (non-hydrogen) atoms. The molecule has 1 aromatic heterocycles. The lowest BCUT2D eigenvalue weighted by Gasteiger charge is -2.23. The minimum Gasteiger partial charge on any atom is -0.495 e. The van der Waals surface area contributed by atoms with Crippen LogP contribution in [0.15, 0.2) is 12.1 Å². The van der Waals surface area contributed by atoms with Crippen LogP contribution in [0.25, 0.3) is 10.9 Å². The summed E-state index contributed by atoms with van der Waals surface area (Å²) in [6.07, 6.45) is 3.82. The Bertz CT molecular complexity index is 594. The molecule has 1 aliphatic rings. The van der Waals surface area contributed by atoms with Gasteiger partial charge in [-0.05, 0) is 50.4 Å². The lowest BCUT2D eigenvalue weighted by molar-refractivity contribution is 0.404. The van der Waals surface area contributed by atoms with Crippen LogP contribution in [0, 0.1) is 13.8 Å². The van der Waals surface area contributed by atoms with Crippen molar-refractivity contribution in [3.63, 3.8) is 0 Å². The van der Waals surface area contributed by atoms with Gasteiger partial charge in [0.25, 0.3) is 0 Å². The van der Waals surface area contributed by atoms with Crippen LogP contribution < -0.4 is 10.1 Å². The Hall–Kier alpha value is -1.48. The number of H-pyrrole nitrogens is 1. The smallest absolute Gasteiger partial charge is 0.142 e. The maximum atomic E-state index is 5.49. The number of piperidine rings is 1. The quantitative estimate of drug-likeness (QED) is 0.863. The molecule has 3 nitrogen and oxygen atoms in total. The van der Waals surface area contributed by atoms with E-state index in [0.29, 0.717) is 6.04 Å². The average molecular weight is 258 g/mol. The van der Waals surface area contributed by atoms with Gasteiger partial charge in [0.15, 0.2) is 0 Å². The van der Waals surface area contributed by atoms with Crippen LogP contribution in [0.1, 0.15) is 42.1 Å². The summed E-state index contributed by atoms with van der Waals surface area (Å²) < 4.78 is 5.49. The molecule has 2 N–H and O–H groups in total. The molecular formula is C16H22N2O. The fraction of sp³-hybridized carbons (Fsp3) is 0.500. The SMILES string of the molecule is COc1ccc(C)c2c(C)c(C3CCCCN3)[nH]c12. The Kier molecular flexibility index (Phi) is 3.23. The monoisotopic (exact) mass is 258 g/mol. The second kappa shape index (κ2) is 4.89. The number of aromatic nitrogens is 1. The molecular weight excluding hydrogens is 236 g/mol. The standard InChI is InChI=1S/C16H22N2O/c1-10-7-8-13(19-3)16-14(10)11(2)15(18-16)12-6-4-5-9-17-12/h7-8,12,17-18H,4-6,9H2,1-3H3. The second-order valence-corrected chi connectivity index (χ2v) is 5.50. The third-order valence-corrected chi connectivity index (χ3v) is 4.29. The van der Waals surface area contributed by atoms with Gasteiger partial charge >= 0.3 is 0 Å². The number of hydrogen-bond donors (Lipinski definition) is 2. The molecule has 0 radical (unpaired) electrons. The number of methoxy groups -OCH3 is 1. The summed E-state index contributed by atoms with van der Waals surface area (Å²) in [4.78, 5) is 3.61. The van der Waals surface area contributed by atoms with Gasteiger partial charge in [0.05, 0.1) is 12.6 Å². The molecule has 0 bridgehead atoms. The highest BCUT2D eigenvalue weighted by Crippen LogP contribution is 2.35. The molecule has 0 spiro atoms. The first kappa shape index (κ1) is 12.5. The number of aryl methyl sites for hydroxylation is 2. The van der Waals surface area contributed by atoms with E-state index in [0.717, 1.165) is 17.8 Å². The number of aromatic amines is 1. The predicted molar refractivity (Wildman–Crippen MR) is 78.9 cm³/mol. The van der Waals surface area contributed by atoms with Gasteiger partial charge in [0, 0.05) is 17.1 Å². The van der Waals surface area contributed by atoms with Crippen LogP contribution >= 0.6 is 0 Å². The van der Waals surface area contributed by atoms with Gasteiger partial charge in [0.1, 0.15) is 5.75 Å². The van der Waals surface area contributed by atoms with Crippen molar-refractivity contribution in [1.82, 2.24) is 10.3 Å². The van der Waals surface area contributed by atoms with E-state index in [1.54, 1.807) is 7.11 Å². The minimum absolute atomic E-state index is 0.463. The molecule has 0 saturated carbocycles. The molecule has 1 fully saturated rings. The van der Waals surface area contributed by atoms with Gasteiger partial charge in [-0.2, -0.15) is 0 Å². The first-order valence-corrected chi connectivity index (χ1v) is 7.11. The maximum Gasteiger partial charge on any atom is 0.142 e. The van der Waals surface area contributed by atoms with Crippen molar-refractivity contribution in [3.8, 4) is 5.75 Å². The molecule has 1 aliphatic heterocycles. The second-order valence-electron chi connectivity index (χ2n) is 5.50. The lowest BCUT2D eigenvalue weighted by Crippen LogP contribution is -2.27. The van der Waals surface area contributed by atoms with E-state index in [9.17, 15) is 0 Å². The van der Waals surface area contributed by atoms with E-state index in [-0.39, 0.29) is 0 Å². The Morgan fingerprint density at radius 3 is 2.74 bits per heavy atom. The Morgan fingerprint density at radius 2 is 2.05 bits per heavy atom. The third-order valence-electron chi connectivity index (χ3n) is 4.29. The number of ether oxygens (including phenoxy) is 1. The van der Waals surface area contributed by atoms with Crippen molar-refractivity contribution in [2.45, 2.75) is 39.2 Å². The van der Waals surface area contributed by atoms with E-state index in [4.69, 9.17) is 4.74 Å². The van der Waals surface area contributed by atoms with Crippen molar-refractivity contribution in [2.24, 2.45) is 0 Å². The summed E-state index contributed by atoms with van der Waals surface area (Å²) in [5.41, 5.74) is 5.15. The molecule has 3 rings (SSSR count). The van der Waals surface area contributed by atoms with Gasteiger partial charge in [-0.1, -0.05) is 12.5 Å². The van der Waals surface area contributed by atoms with Crippen LogP contribution in [-0.4, -0.2) is 18.6 Å². The summed E-state index contributed by atoms with van der Waals surface area (Å²) in [7, 11) is 1.73. The third kappa shape index (κ3) is 2.02. The zero-order valence-corrected chi connectivity index (χ0v) is 12.0.